The molecule has 1 heterocycles. The first-order chi connectivity index (χ1) is 7.30. The molecule has 0 unspecified atom stereocenters. The van der Waals surface area contributed by atoms with Crippen molar-refractivity contribution >= 4 is 16.5 Å². The van der Waals surface area contributed by atoms with Crippen LogP contribution < -0.4 is 11.3 Å². The van der Waals surface area contributed by atoms with Gasteiger partial charge >= 0.3 is 0 Å². The fourth-order valence-corrected chi connectivity index (χ4v) is 2.00. The van der Waals surface area contributed by atoms with E-state index in [0.29, 0.717) is 0 Å². The monoisotopic (exact) mass is 230 g/mol. The summed E-state index contributed by atoms with van der Waals surface area (Å²) in [6, 6.07) is 0. The fraction of sp³-hybridized carbons (Fsp3) is 0.667. The van der Waals surface area contributed by atoms with Gasteiger partial charge in [-0.05, 0) is 6.54 Å². The van der Waals surface area contributed by atoms with Gasteiger partial charge in [0.1, 0.15) is 0 Å². The summed E-state index contributed by atoms with van der Waals surface area (Å²) >= 11 is 1.58. The van der Waals surface area contributed by atoms with E-state index >= 15 is 0 Å². The molecule has 0 amide bonds. The summed E-state index contributed by atoms with van der Waals surface area (Å²) in [7, 11) is 1.72. The zero-order valence-corrected chi connectivity index (χ0v) is 10.0. The molecule has 0 saturated heterocycles. The molecule has 86 valence electrons. The summed E-state index contributed by atoms with van der Waals surface area (Å²) in [5, 5.41) is 0.757. The molecule has 0 aliphatic heterocycles. The van der Waals surface area contributed by atoms with Crippen LogP contribution in [0.25, 0.3) is 0 Å². The van der Waals surface area contributed by atoms with E-state index in [-0.39, 0.29) is 0 Å². The number of anilines is 1. The number of nitrogen functional groups attached to an aromatic ring is 1. The summed E-state index contributed by atoms with van der Waals surface area (Å²) < 4.78 is 5.05. The molecule has 1 aromatic heterocycles. The standard InChI is InChI=1S/C9H18N4OS/c1-3-13(4-5-14-2)7-8-6-11-9(12-10)15-8/h6H,3-5,7,10H2,1-2H3,(H,11,12). The number of hydrogen-bond donors (Lipinski definition) is 2. The van der Waals surface area contributed by atoms with Crippen molar-refractivity contribution < 1.29 is 4.74 Å². The molecule has 0 spiro atoms. The quantitative estimate of drug-likeness (QED) is 0.538. The van der Waals surface area contributed by atoms with Crippen LogP contribution >= 0.6 is 11.3 Å². The summed E-state index contributed by atoms with van der Waals surface area (Å²) in [4.78, 5) is 7.64. The predicted molar refractivity (Wildman–Crippen MR) is 62.8 cm³/mol. The highest BCUT2D eigenvalue weighted by molar-refractivity contribution is 7.15. The number of rotatable bonds is 7. The first-order valence-corrected chi connectivity index (χ1v) is 5.74. The minimum absolute atomic E-state index is 0.757. The zero-order valence-electron chi connectivity index (χ0n) is 9.19. The number of aromatic nitrogens is 1. The van der Waals surface area contributed by atoms with Crippen molar-refractivity contribution in [2.45, 2.75) is 13.5 Å². The maximum absolute atomic E-state index is 5.27. The molecule has 0 bridgehead atoms. The van der Waals surface area contributed by atoms with Crippen LogP contribution in [0.4, 0.5) is 5.13 Å². The average molecular weight is 230 g/mol. The number of likely N-dealkylation sites (N-methyl/N-ethyl adjacent to an activating group) is 1. The van der Waals surface area contributed by atoms with E-state index in [1.807, 2.05) is 6.20 Å². The molecule has 15 heavy (non-hydrogen) atoms. The second kappa shape index (κ2) is 6.73. The number of ether oxygens (including phenoxy) is 1. The van der Waals surface area contributed by atoms with Crippen molar-refractivity contribution in [3.05, 3.63) is 11.1 Å². The highest BCUT2D eigenvalue weighted by Gasteiger charge is 2.06. The normalized spacial score (nSPS) is 10.9. The second-order valence-electron chi connectivity index (χ2n) is 3.14. The average Bonchev–Trinajstić information content (AvgIpc) is 2.71. The van der Waals surface area contributed by atoms with E-state index in [2.05, 4.69) is 22.2 Å². The largest absolute Gasteiger partial charge is 0.383 e. The lowest BCUT2D eigenvalue weighted by atomic mass is 10.4. The zero-order chi connectivity index (χ0) is 11.1. The Kier molecular flexibility index (Phi) is 5.56. The number of methoxy groups -OCH3 is 1. The van der Waals surface area contributed by atoms with Crippen LogP contribution in [0.2, 0.25) is 0 Å². The first-order valence-electron chi connectivity index (χ1n) is 4.92. The molecule has 0 aliphatic carbocycles. The Morgan fingerprint density at radius 2 is 2.47 bits per heavy atom. The lowest BCUT2D eigenvalue weighted by molar-refractivity contribution is 0.148. The molecule has 0 fully saturated rings. The third kappa shape index (κ3) is 4.13. The van der Waals surface area contributed by atoms with Gasteiger partial charge in [-0.3, -0.25) is 10.3 Å². The second-order valence-corrected chi connectivity index (χ2v) is 4.25. The molecule has 3 N–H and O–H groups in total. The van der Waals surface area contributed by atoms with Gasteiger partial charge in [0.25, 0.3) is 0 Å². The van der Waals surface area contributed by atoms with Crippen LogP contribution in [0.3, 0.4) is 0 Å². The van der Waals surface area contributed by atoms with Gasteiger partial charge in [-0.1, -0.05) is 18.3 Å². The maximum Gasteiger partial charge on any atom is 0.197 e. The predicted octanol–water partition coefficient (Wildman–Crippen LogP) is 0.897. The Morgan fingerprint density at radius 3 is 3.00 bits per heavy atom. The highest BCUT2D eigenvalue weighted by Crippen LogP contribution is 2.18. The number of nitrogens with one attached hydrogen (secondary N) is 1. The van der Waals surface area contributed by atoms with E-state index in [1.165, 1.54) is 4.88 Å². The molecule has 0 aromatic carbocycles. The van der Waals surface area contributed by atoms with Crippen LogP contribution in [0.15, 0.2) is 6.20 Å². The summed E-state index contributed by atoms with van der Waals surface area (Å²) in [6.07, 6.45) is 1.86. The molecule has 1 aromatic rings. The van der Waals surface area contributed by atoms with Crippen LogP contribution in [0.1, 0.15) is 11.8 Å². The van der Waals surface area contributed by atoms with Gasteiger partial charge in [0.2, 0.25) is 0 Å². The van der Waals surface area contributed by atoms with Crippen LogP contribution in [0.5, 0.6) is 0 Å². The van der Waals surface area contributed by atoms with Crippen molar-refractivity contribution in [2.24, 2.45) is 5.84 Å². The lowest BCUT2D eigenvalue weighted by Gasteiger charge is -2.18. The molecule has 0 aliphatic rings. The molecular weight excluding hydrogens is 212 g/mol. The molecule has 0 saturated carbocycles. The Balaban J connectivity index is 2.43. The van der Waals surface area contributed by atoms with Gasteiger partial charge in [0, 0.05) is 31.3 Å². The minimum Gasteiger partial charge on any atom is -0.383 e. The van der Waals surface area contributed by atoms with E-state index in [1.54, 1.807) is 18.4 Å². The van der Waals surface area contributed by atoms with E-state index in [9.17, 15) is 0 Å². The smallest absolute Gasteiger partial charge is 0.197 e. The van der Waals surface area contributed by atoms with Gasteiger partial charge in [0.15, 0.2) is 5.13 Å². The summed E-state index contributed by atoms with van der Waals surface area (Å²) in [5.74, 6) is 5.27. The van der Waals surface area contributed by atoms with Crippen molar-refractivity contribution in [1.29, 1.82) is 0 Å². The SMILES string of the molecule is CCN(CCOC)Cc1cnc(NN)s1. The van der Waals surface area contributed by atoms with Crippen molar-refractivity contribution in [1.82, 2.24) is 9.88 Å². The van der Waals surface area contributed by atoms with E-state index < -0.39 is 0 Å². The maximum atomic E-state index is 5.27. The first kappa shape index (κ1) is 12.4. The molecule has 6 heteroatoms. The molecule has 5 nitrogen and oxygen atoms in total. The van der Waals surface area contributed by atoms with E-state index in [0.717, 1.165) is 31.4 Å². The third-order valence-corrected chi connectivity index (χ3v) is 3.03. The Bertz CT molecular complexity index is 279. The Hall–Kier alpha value is -0.690. The lowest BCUT2D eigenvalue weighted by Crippen LogP contribution is -2.26. The van der Waals surface area contributed by atoms with Crippen LogP contribution in [-0.4, -0.2) is 36.7 Å². The van der Waals surface area contributed by atoms with Gasteiger partial charge in [0.05, 0.1) is 6.61 Å². The van der Waals surface area contributed by atoms with Gasteiger partial charge in [-0.25, -0.2) is 10.8 Å². The number of hydrogen-bond acceptors (Lipinski definition) is 6. The fourth-order valence-electron chi connectivity index (χ4n) is 1.24. The van der Waals surface area contributed by atoms with E-state index in [4.69, 9.17) is 10.6 Å². The highest BCUT2D eigenvalue weighted by atomic mass is 32.1. The molecule has 0 atom stereocenters. The number of hydrazine groups is 1. The topological polar surface area (TPSA) is 63.4 Å². The Morgan fingerprint density at radius 1 is 1.67 bits per heavy atom. The molecule has 0 radical (unpaired) electrons. The number of nitrogens with two attached hydrogens (primary N) is 1. The summed E-state index contributed by atoms with van der Waals surface area (Å²) in [5.41, 5.74) is 2.55. The van der Waals surface area contributed by atoms with Gasteiger partial charge in [-0.2, -0.15) is 0 Å². The third-order valence-electron chi connectivity index (χ3n) is 2.12. The molecule has 1 rings (SSSR count). The molecular formula is C9H18N4OS. The summed E-state index contributed by atoms with van der Waals surface area (Å²) in [6.45, 7) is 5.75. The van der Waals surface area contributed by atoms with Crippen molar-refractivity contribution in [2.75, 3.05) is 32.2 Å². The van der Waals surface area contributed by atoms with Crippen molar-refractivity contribution in [3.63, 3.8) is 0 Å². The van der Waals surface area contributed by atoms with Crippen LogP contribution in [0, 0.1) is 0 Å². The Labute approximate surface area is 94.2 Å². The van der Waals surface area contributed by atoms with Gasteiger partial charge < -0.3 is 4.74 Å². The van der Waals surface area contributed by atoms with Crippen LogP contribution in [-0.2, 0) is 11.3 Å². The minimum atomic E-state index is 0.757. The number of nitrogens with zero attached hydrogens (tertiary/aromatic N) is 2. The number of thiazole rings is 1. The van der Waals surface area contributed by atoms with Crippen molar-refractivity contribution in [3.8, 4) is 0 Å². The van der Waals surface area contributed by atoms with Gasteiger partial charge in [-0.15, -0.1) is 0 Å².